The molecule has 0 aromatic rings. The molecule has 0 fully saturated rings. The van der Waals surface area contributed by atoms with Crippen LogP contribution in [0.1, 0.15) is 0 Å². The summed E-state index contributed by atoms with van der Waals surface area (Å²) in [4.78, 5) is 10.6. The Hall–Kier alpha value is 0.528. The lowest BCUT2D eigenvalue weighted by molar-refractivity contribution is -0.301. The van der Waals surface area contributed by atoms with Crippen molar-refractivity contribution in [3.8, 4) is 0 Å². The third kappa shape index (κ3) is 14.8. The highest BCUT2D eigenvalue weighted by atomic mass is 32.2. The monoisotopic (exact) mass is 431 g/mol. The van der Waals surface area contributed by atoms with Crippen LogP contribution >= 0.6 is 11.8 Å². The van der Waals surface area contributed by atoms with Gasteiger partial charge in [-0.25, -0.2) is 0 Å². The summed E-state index contributed by atoms with van der Waals surface area (Å²) in [6.45, 7) is 19.3. The summed E-state index contributed by atoms with van der Waals surface area (Å²) in [7, 11) is -8.39. The van der Waals surface area contributed by atoms with Gasteiger partial charge >= 0.3 is 8.80 Å². The van der Waals surface area contributed by atoms with E-state index in [9.17, 15) is 9.90 Å². The van der Waals surface area contributed by atoms with Gasteiger partial charge in [0, 0.05) is 11.8 Å². The van der Waals surface area contributed by atoms with Gasteiger partial charge in [-0.3, -0.25) is 0 Å². The molecule has 0 unspecified atom stereocenters. The Morgan fingerprint density at radius 3 is 1.42 bits per heavy atom. The number of carbonyl (C=O) groups is 1. The zero-order valence-electron chi connectivity index (χ0n) is 17.1. The van der Waals surface area contributed by atoms with Gasteiger partial charge in [0.25, 0.3) is 0 Å². The predicted molar refractivity (Wildman–Crippen MR) is 112 cm³/mol. The van der Waals surface area contributed by atoms with E-state index in [-0.39, 0.29) is 11.9 Å². The Bertz CT molecular complexity index is 352. The summed E-state index contributed by atoms with van der Waals surface area (Å²) < 4.78 is 19.5. The fourth-order valence-corrected chi connectivity index (χ4v) is 17.9. The molecule has 0 saturated heterocycles. The van der Waals surface area contributed by atoms with Crippen molar-refractivity contribution in [2.45, 2.75) is 65.0 Å². The maximum absolute atomic E-state index is 10.6. The first-order valence-electron chi connectivity index (χ1n) is 7.92. The van der Waals surface area contributed by atoms with Crippen LogP contribution in [0, 0.1) is 0 Å². The zero-order chi connectivity index (χ0) is 18.5. The maximum atomic E-state index is 10.6. The summed E-state index contributed by atoms with van der Waals surface area (Å²) in [6.07, 6.45) is 0. The second-order valence-corrected chi connectivity index (χ2v) is 26.6. The van der Waals surface area contributed by atoms with E-state index in [1.807, 2.05) is 0 Å². The molecule has 0 aliphatic rings. The summed E-state index contributed by atoms with van der Waals surface area (Å²) in [5, 5.41) is 10.6. The van der Waals surface area contributed by atoms with Crippen LogP contribution in [0.25, 0.3) is 0 Å². The number of carboxylic acid groups (broad SMARTS) is 1. The second kappa shape index (κ2) is 10.0. The fraction of sp³-hybridized carbons (Fsp3) is 0.923. The quantitative estimate of drug-likeness (QED) is 0.397. The van der Waals surface area contributed by atoms with E-state index in [2.05, 4.69) is 58.9 Å². The average Bonchev–Trinajstić information content (AvgIpc) is 2.16. The second-order valence-electron chi connectivity index (χ2n) is 8.50. The Morgan fingerprint density at radius 2 is 1.17 bits per heavy atom. The lowest BCUT2D eigenvalue weighted by atomic mass is 10.8. The normalized spacial score (nSPS) is 13.5. The SMILES string of the molecule is C[Si](C)(C)O[Si](CCSCC(=O)[O-])(O[Si](C)(C)C)O[Si](C)(C)C.[NH4+]. The minimum Gasteiger partial charge on any atom is -0.549 e. The van der Waals surface area contributed by atoms with Crippen molar-refractivity contribution in [1.82, 2.24) is 6.15 Å². The van der Waals surface area contributed by atoms with Crippen molar-refractivity contribution >= 4 is 51.5 Å². The molecule has 0 rings (SSSR count). The van der Waals surface area contributed by atoms with E-state index < -0.39 is 39.7 Å². The van der Waals surface area contributed by atoms with Crippen molar-refractivity contribution in [1.29, 1.82) is 0 Å². The van der Waals surface area contributed by atoms with Crippen LogP contribution in [0.15, 0.2) is 0 Å². The van der Waals surface area contributed by atoms with Gasteiger partial charge in [0.1, 0.15) is 0 Å². The number of thioether (sulfide) groups is 1. The van der Waals surface area contributed by atoms with E-state index in [0.717, 1.165) is 0 Å². The first kappa shape index (κ1) is 26.8. The van der Waals surface area contributed by atoms with Gasteiger partial charge in [0.2, 0.25) is 0 Å². The minimum absolute atomic E-state index is 0. The van der Waals surface area contributed by atoms with Crippen molar-refractivity contribution in [2.75, 3.05) is 11.5 Å². The maximum Gasteiger partial charge on any atom is 0.470 e. The van der Waals surface area contributed by atoms with Gasteiger partial charge in [-0.05, 0) is 64.7 Å². The van der Waals surface area contributed by atoms with Crippen LogP contribution in [-0.2, 0) is 17.1 Å². The topological polar surface area (TPSA) is 104 Å². The van der Waals surface area contributed by atoms with Gasteiger partial charge in [-0.15, -0.1) is 0 Å². The Balaban J connectivity index is 0. The number of rotatable bonds is 11. The van der Waals surface area contributed by atoms with Crippen molar-refractivity contribution in [3.05, 3.63) is 0 Å². The van der Waals surface area contributed by atoms with Gasteiger partial charge in [-0.2, -0.15) is 11.8 Å². The Kier molecular flexibility index (Phi) is 11.2. The first-order valence-corrected chi connectivity index (χ1v) is 21.2. The molecule has 0 aliphatic carbocycles. The van der Waals surface area contributed by atoms with Crippen LogP contribution in [0.2, 0.25) is 65.0 Å². The van der Waals surface area contributed by atoms with E-state index in [0.29, 0.717) is 11.8 Å². The Labute approximate surface area is 156 Å². The molecule has 0 atom stereocenters. The van der Waals surface area contributed by atoms with E-state index in [1.54, 1.807) is 0 Å². The highest BCUT2D eigenvalue weighted by molar-refractivity contribution is 8.00. The highest BCUT2D eigenvalue weighted by Gasteiger charge is 2.49. The molecule has 0 amide bonds. The molecule has 0 bridgehead atoms. The van der Waals surface area contributed by atoms with Crippen LogP contribution in [0.3, 0.4) is 0 Å². The molecule has 0 heterocycles. The average molecular weight is 432 g/mol. The largest absolute Gasteiger partial charge is 0.549 e. The number of carbonyl (C=O) groups excluding carboxylic acids is 1. The van der Waals surface area contributed by atoms with E-state index in [1.165, 1.54) is 11.8 Å². The summed E-state index contributed by atoms with van der Waals surface area (Å²) in [5.41, 5.74) is 0. The number of aliphatic carboxylic acids is 1. The van der Waals surface area contributed by atoms with Crippen LogP contribution in [0.4, 0.5) is 0 Å². The lowest BCUT2D eigenvalue weighted by Gasteiger charge is -2.42. The van der Waals surface area contributed by atoms with Gasteiger partial charge < -0.3 is 28.4 Å². The molecule has 146 valence electrons. The molecule has 0 aliphatic heterocycles. The number of hydrogen-bond donors (Lipinski definition) is 1. The Morgan fingerprint density at radius 1 is 0.833 bits per heavy atom. The van der Waals surface area contributed by atoms with Crippen LogP contribution in [0.5, 0.6) is 0 Å². The smallest absolute Gasteiger partial charge is 0.470 e. The van der Waals surface area contributed by atoms with Gasteiger partial charge in [0.15, 0.2) is 25.0 Å². The highest BCUT2D eigenvalue weighted by Crippen LogP contribution is 2.29. The first-order chi connectivity index (χ1) is 10.0. The van der Waals surface area contributed by atoms with Crippen LogP contribution < -0.4 is 11.3 Å². The third-order valence-corrected chi connectivity index (χ3v) is 15.4. The molecule has 24 heavy (non-hydrogen) atoms. The van der Waals surface area contributed by atoms with Crippen molar-refractivity contribution in [3.63, 3.8) is 0 Å². The summed E-state index contributed by atoms with van der Waals surface area (Å²) in [5.74, 6) is -0.387. The zero-order valence-corrected chi connectivity index (χ0v) is 21.9. The van der Waals surface area contributed by atoms with Crippen LogP contribution in [-0.4, -0.2) is 51.2 Å². The molecular formula is C13H37NO5SSi4. The molecule has 0 spiro atoms. The minimum atomic E-state index is -2.82. The molecule has 6 nitrogen and oxygen atoms in total. The van der Waals surface area contributed by atoms with Crippen molar-refractivity contribution in [2.24, 2.45) is 0 Å². The molecule has 4 N–H and O–H groups in total. The van der Waals surface area contributed by atoms with E-state index >= 15 is 0 Å². The molecule has 11 heteroatoms. The lowest BCUT2D eigenvalue weighted by Crippen LogP contribution is -2.60. The summed E-state index contributed by atoms with van der Waals surface area (Å²) >= 11 is 1.35. The molecule has 0 radical (unpaired) electrons. The van der Waals surface area contributed by atoms with Gasteiger partial charge in [-0.1, -0.05) is 0 Å². The molecular weight excluding hydrogens is 395 g/mol. The third-order valence-electron chi connectivity index (χ3n) is 2.16. The standard InChI is InChI=1S/C13H34O5SSi4.H3N/c1-20(2,3)16-23(17-21(4,5)6,18-22(7,8)9)11-10-19-12-13(14)15;/h10-12H2,1-9H3,(H,14,15);1H3. The molecule has 0 saturated carbocycles. The number of hydrogen-bond acceptors (Lipinski definition) is 6. The van der Waals surface area contributed by atoms with Gasteiger partial charge in [0.05, 0.1) is 5.97 Å². The number of carboxylic acids is 1. The van der Waals surface area contributed by atoms with Crippen molar-refractivity contribution < 1.29 is 22.2 Å². The predicted octanol–water partition coefficient (Wildman–Crippen LogP) is 3.34. The summed E-state index contributed by atoms with van der Waals surface area (Å²) in [6, 6.07) is 0.657. The fourth-order valence-electron chi connectivity index (χ4n) is 1.97. The number of quaternary nitrogens is 1. The molecule has 0 aromatic heterocycles. The molecule has 0 aromatic carbocycles. The van der Waals surface area contributed by atoms with E-state index in [4.69, 9.17) is 12.3 Å².